The molecular weight excluding hydrogens is 205 g/mol. The van der Waals surface area contributed by atoms with Gasteiger partial charge in [-0.25, -0.2) is 4.39 Å². The highest BCUT2D eigenvalue weighted by atomic mass is 19.1. The average Bonchev–Trinajstić information content (AvgIpc) is 2.23. The van der Waals surface area contributed by atoms with Gasteiger partial charge in [-0.15, -0.1) is 0 Å². The molecule has 1 aliphatic carbocycles. The van der Waals surface area contributed by atoms with Crippen molar-refractivity contribution in [1.29, 1.82) is 0 Å². The summed E-state index contributed by atoms with van der Waals surface area (Å²) in [6, 6.07) is 6.51. The maximum absolute atomic E-state index is 13.1. The molecule has 1 aromatic rings. The molecule has 1 aliphatic rings. The summed E-state index contributed by atoms with van der Waals surface area (Å²) in [5.41, 5.74) is 0. The lowest BCUT2D eigenvalue weighted by molar-refractivity contribution is 0.270. The highest BCUT2D eigenvalue weighted by molar-refractivity contribution is 5.23. The fourth-order valence-electron chi connectivity index (χ4n) is 1.80. The van der Waals surface area contributed by atoms with Crippen LogP contribution in [0.1, 0.15) is 19.3 Å². The van der Waals surface area contributed by atoms with E-state index in [9.17, 15) is 4.39 Å². The molecule has 16 heavy (non-hydrogen) atoms. The van der Waals surface area contributed by atoms with E-state index in [0.717, 1.165) is 19.0 Å². The van der Waals surface area contributed by atoms with Crippen LogP contribution in [0.15, 0.2) is 24.3 Å². The van der Waals surface area contributed by atoms with Crippen LogP contribution in [0, 0.1) is 11.7 Å². The SMILES string of the molecule is Fc1ccccc1OCCNCC1CCC1. The third-order valence-electron chi connectivity index (χ3n) is 3.03. The molecule has 2 rings (SSSR count). The summed E-state index contributed by atoms with van der Waals surface area (Å²) >= 11 is 0. The van der Waals surface area contributed by atoms with Gasteiger partial charge in [-0.2, -0.15) is 0 Å². The first-order valence-corrected chi connectivity index (χ1v) is 5.94. The maximum atomic E-state index is 13.1. The minimum absolute atomic E-state index is 0.290. The second-order valence-electron chi connectivity index (χ2n) is 4.28. The monoisotopic (exact) mass is 223 g/mol. The van der Waals surface area contributed by atoms with E-state index >= 15 is 0 Å². The van der Waals surface area contributed by atoms with E-state index in [1.165, 1.54) is 25.3 Å². The standard InChI is InChI=1S/C13H18FNO/c14-12-6-1-2-7-13(12)16-9-8-15-10-11-4-3-5-11/h1-2,6-7,11,15H,3-5,8-10H2. The summed E-state index contributed by atoms with van der Waals surface area (Å²) in [7, 11) is 0. The average molecular weight is 223 g/mol. The van der Waals surface area contributed by atoms with Gasteiger partial charge in [-0.1, -0.05) is 18.6 Å². The van der Waals surface area contributed by atoms with Crippen LogP contribution in [0.5, 0.6) is 5.75 Å². The van der Waals surface area contributed by atoms with Gasteiger partial charge >= 0.3 is 0 Å². The molecule has 0 bridgehead atoms. The molecule has 1 fully saturated rings. The number of hydrogen-bond acceptors (Lipinski definition) is 2. The van der Waals surface area contributed by atoms with Crippen LogP contribution >= 0.6 is 0 Å². The molecule has 0 unspecified atom stereocenters. The molecule has 0 aliphatic heterocycles. The summed E-state index contributed by atoms with van der Waals surface area (Å²) in [6.07, 6.45) is 4.07. The number of ether oxygens (including phenoxy) is 1. The molecule has 0 spiro atoms. The third-order valence-corrected chi connectivity index (χ3v) is 3.03. The maximum Gasteiger partial charge on any atom is 0.165 e. The summed E-state index contributed by atoms with van der Waals surface area (Å²) in [5.74, 6) is 0.905. The highest BCUT2D eigenvalue weighted by Gasteiger charge is 2.16. The van der Waals surface area contributed by atoms with Crippen molar-refractivity contribution in [3.63, 3.8) is 0 Å². The van der Waals surface area contributed by atoms with Crippen molar-refractivity contribution >= 4 is 0 Å². The number of rotatable bonds is 6. The Morgan fingerprint density at radius 3 is 2.81 bits per heavy atom. The van der Waals surface area contributed by atoms with E-state index in [4.69, 9.17) is 4.74 Å². The van der Waals surface area contributed by atoms with Crippen LogP contribution in [-0.2, 0) is 0 Å². The molecule has 0 amide bonds. The molecule has 0 heterocycles. The number of hydrogen-bond donors (Lipinski definition) is 1. The van der Waals surface area contributed by atoms with Gasteiger partial charge in [0.2, 0.25) is 0 Å². The van der Waals surface area contributed by atoms with Gasteiger partial charge in [0.1, 0.15) is 6.61 Å². The molecule has 0 saturated heterocycles. The number of benzene rings is 1. The first kappa shape index (κ1) is 11.4. The zero-order valence-corrected chi connectivity index (χ0v) is 9.42. The molecular formula is C13H18FNO. The van der Waals surface area contributed by atoms with Gasteiger partial charge in [0.05, 0.1) is 0 Å². The normalized spacial score (nSPS) is 15.8. The zero-order chi connectivity index (χ0) is 11.2. The Labute approximate surface area is 95.8 Å². The second kappa shape index (κ2) is 5.85. The number of para-hydroxylation sites is 1. The lowest BCUT2D eigenvalue weighted by Crippen LogP contribution is -2.30. The van der Waals surface area contributed by atoms with Crippen molar-refractivity contribution in [3.8, 4) is 5.75 Å². The van der Waals surface area contributed by atoms with Crippen molar-refractivity contribution < 1.29 is 9.13 Å². The Hall–Kier alpha value is -1.09. The van der Waals surface area contributed by atoms with Crippen LogP contribution in [0.25, 0.3) is 0 Å². The largest absolute Gasteiger partial charge is 0.489 e. The van der Waals surface area contributed by atoms with Gasteiger partial charge in [0, 0.05) is 6.54 Å². The third kappa shape index (κ3) is 3.20. The summed E-state index contributed by atoms with van der Waals surface area (Å²) in [6.45, 7) is 2.37. The van der Waals surface area contributed by atoms with Crippen LogP contribution in [0.3, 0.4) is 0 Å². The van der Waals surface area contributed by atoms with E-state index in [1.54, 1.807) is 18.2 Å². The van der Waals surface area contributed by atoms with E-state index in [1.807, 2.05) is 0 Å². The van der Waals surface area contributed by atoms with Crippen LogP contribution in [0.2, 0.25) is 0 Å². The van der Waals surface area contributed by atoms with E-state index in [-0.39, 0.29) is 5.82 Å². The molecule has 0 aromatic heterocycles. The van der Waals surface area contributed by atoms with Gasteiger partial charge in [-0.05, 0) is 37.4 Å². The molecule has 1 saturated carbocycles. The Morgan fingerprint density at radius 1 is 1.31 bits per heavy atom. The fraction of sp³-hybridized carbons (Fsp3) is 0.538. The van der Waals surface area contributed by atoms with E-state index in [2.05, 4.69) is 5.32 Å². The van der Waals surface area contributed by atoms with Crippen LogP contribution in [-0.4, -0.2) is 19.7 Å². The highest BCUT2D eigenvalue weighted by Crippen LogP contribution is 2.24. The molecule has 3 heteroatoms. The Balaban J connectivity index is 1.58. The first-order chi connectivity index (χ1) is 7.86. The molecule has 88 valence electrons. The predicted octanol–water partition coefficient (Wildman–Crippen LogP) is 2.59. The molecule has 0 radical (unpaired) electrons. The molecule has 2 nitrogen and oxygen atoms in total. The first-order valence-electron chi connectivity index (χ1n) is 5.94. The summed E-state index contributed by atoms with van der Waals surface area (Å²) < 4.78 is 18.5. The quantitative estimate of drug-likeness (QED) is 0.748. The second-order valence-corrected chi connectivity index (χ2v) is 4.28. The van der Waals surface area contributed by atoms with Crippen molar-refractivity contribution in [3.05, 3.63) is 30.1 Å². The van der Waals surface area contributed by atoms with Crippen molar-refractivity contribution in [1.82, 2.24) is 5.32 Å². The molecule has 1 N–H and O–H groups in total. The van der Waals surface area contributed by atoms with Gasteiger partial charge in [-0.3, -0.25) is 0 Å². The summed E-state index contributed by atoms with van der Waals surface area (Å²) in [5, 5.41) is 3.33. The zero-order valence-electron chi connectivity index (χ0n) is 9.42. The van der Waals surface area contributed by atoms with Crippen LogP contribution < -0.4 is 10.1 Å². The lowest BCUT2D eigenvalue weighted by atomic mass is 9.85. The van der Waals surface area contributed by atoms with Crippen LogP contribution in [0.4, 0.5) is 4.39 Å². The minimum atomic E-state index is -0.290. The topological polar surface area (TPSA) is 21.3 Å². The Morgan fingerprint density at radius 2 is 2.12 bits per heavy atom. The van der Waals surface area contributed by atoms with E-state index < -0.39 is 0 Å². The lowest BCUT2D eigenvalue weighted by Gasteiger charge is -2.25. The predicted molar refractivity (Wildman–Crippen MR) is 62.1 cm³/mol. The minimum Gasteiger partial charge on any atom is -0.489 e. The van der Waals surface area contributed by atoms with Gasteiger partial charge in [0.15, 0.2) is 11.6 Å². The molecule has 0 atom stereocenters. The van der Waals surface area contributed by atoms with Crippen molar-refractivity contribution in [2.75, 3.05) is 19.7 Å². The number of nitrogens with one attached hydrogen (secondary N) is 1. The van der Waals surface area contributed by atoms with Gasteiger partial charge < -0.3 is 10.1 Å². The van der Waals surface area contributed by atoms with Crippen molar-refractivity contribution in [2.24, 2.45) is 5.92 Å². The summed E-state index contributed by atoms with van der Waals surface area (Å²) in [4.78, 5) is 0. The van der Waals surface area contributed by atoms with Gasteiger partial charge in [0.25, 0.3) is 0 Å². The van der Waals surface area contributed by atoms with Crippen molar-refractivity contribution in [2.45, 2.75) is 19.3 Å². The number of halogens is 1. The molecule has 1 aromatic carbocycles. The van der Waals surface area contributed by atoms with E-state index in [0.29, 0.717) is 12.4 Å². The fourth-order valence-corrected chi connectivity index (χ4v) is 1.80. The Kier molecular flexibility index (Phi) is 4.17. The smallest absolute Gasteiger partial charge is 0.165 e. The Bertz CT molecular complexity index is 325.